The lowest BCUT2D eigenvalue weighted by Crippen LogP contribution is -2.51. The maximum Gasteiger partial charge on any atom is 0.412 e. The molecule has 2 aromatic rings. The lowest BCUT2D eigenvalue weighted by atomic mass is 9.68. The molecule has 1 fully saturated rings. The van der Waals surface area contributed by atoms with Crippen LogP contribution in [0.25, 0.3) is 0 Å². The average Bonchev–Trinajstić information content (AvgIpc) is 3.46. The number of alkyl carbamates (subject to hydrolysis) is 1. The first kappa shape index (κ1) is 33.8. The second kappa shape index (κ2) is 16.8. The fourth-order valence-corrected chi connectivity index (χ4v) is 5.70. The smallest absolute Gasteiger partial charge is 0.412 e. The van der Waals surface area contributed by atoms with Gasteiger partial charge in [0.2, 0.25) is 0 Å². The second-order valence-electron chi connectivity index (χ2n) is 11.4. The van der Waals surface area contributed by atoms with Gasteiger partial charge in [0, 0.05) is 31.7 Å². The van der Waals surface area contributed by atoms with E-state index in [2.05, 4.69) is 65.9 Å². The third kappa shape index (κ3) is 9.38. The molecule has 10 heteroatoms. The van der Waals surface area contributed by atoms with Gasteiger partial charge in [-0.3, -0.25) is 4.99 Å². The van der Waals surface area contributed by atoms with E-state index in [-0.39, 0.29) is 24.1 Å². The van der Waals surface area contributed by atoms with Crippen molar-refractivity contribution in [1.82, 2.24) is 20.7 Å². The number of amides is 1. The molecule has 0 bridgehead atoms. The van der Waals surface area contributed by atoms with Gasteiger partial charge in [0.25, 0.3) is 0 Å². The molecule has 0 aromatic heterocycles. The summed E-state index contributed by atoms with van der Waals surface area (Å²) in [4.78, 5) is 31.3. The number of nitrogens with one attached hydrogen (secondary N) is 2. The summed E-state index contributed by atoms with van der Waals surface area (Å²) in [6, 6.07) is 20.4. The topological polar surface area (TPSA) is 138 Å². The van der Waals surface area contributed by atoms with E-state index in [4.69, 9.17) is 16.2 Å². The molecule has 1 aliphatic heterocycles. The molecule has 1 amide bonds. The summed E-state index contributed by atoms with van der Waals surface area (Å²) in [5, 5.41) is 5.05. The maximum atomic E-state index is 13.4. The van der Waals surface area contributed by atoms with E-state index in [0.717, 1.165) is 36.8 Å². The summed E-state index contributed by atoms with van der Waals surface area (Å²) in [6.45, 7) is 5.74. The van der Waals surface area contributed by atoms with Crippen LogP contribution in [0.3, 0.4) is 0 Å². The van der Waals surface area contributed by atoms with Gasteiger partial charge in [-0.2, -0.15) is 0 Å². The minimum atomic E-state index is -0.685. The van der Waals surface area contributed by atoms with Crippen LogP contribution in [0.2, 0.25) is 0 Å². The predicted octanol–water partition coefficient (Wildman–Crippen LogP) is 3.53. The highest BCUT2D eigenvalue weighted by Crippen LogP contribution is 2.44. The van der Waals surface area contributed by atoms with Crippen LogP contribution in [0, 0.1) is 0 Å². The molecular weight excluding hydrogens is 542 g/mol. The van der Waals surface area contributed by atoms with Gasteiger partial charge in [-0.1, -0.05) is 60.7 Å². The number of aldehydes is 1. The summed E-state index contributed by atoms with van der Waals surface area (Å²) in [5.74, 6) is 0.630. The summed E-state index contributed by atoms with van der Waals surface area (Å²) in [5.41, 5.74) is 15.5. The third-order valence-corrected chi connectivity index (χ3v) is 8.22. The molecule has 3 rings (SSSR count). The number of carbonyl (C=O) groups excluding carboxylic acids is 2. The van der Waals surface area contributed by atoms with E-state index < -0.39 is 11.5 Å². The molecule has 10 nitrogen and oxygen atoms in total. The molecule has 1 aliphatic rings. The Bertz CT molecular complexity index is 1160. The highest BCUT2D eigenvalue weighted by molar-refractivity contribution is 5.75. The lowest BCUT2D eigenvalue weighted by Gasteiger charge is -2.40. The minimum absolute atomic E-state index is 0.0310. The second-order valence-corrected chi connectivity index (χ2v) is 11.4. The van der Waals surface area contributed by atoms with E-state index in [9.17, 15) is 9.59 Å². The average molecular weight is 592 g/mol. The lowest BCUT2D eigenvalue weighted by molar-refractivity contribution is -0.111. The Morgan fingerprint density at radius 1 is 1.14 bits per heavy atom. The first-order valence-corrected chi connectivity index (χ1v) is 15.1. The van der Waals surface area contributed by atoms with Crippen molar-refractivity contribution in [2.45, 2.75) is 69.5 Å². The van der Waals surface area contributed by atoms with Gasteiger partial charge in [-0.25, -0.2) is 15.2 Å². The van der Waals surface area contributed by atoms with E-state index in [0.29, 0.717) is 38.1 Å². The van der Waals surface area contributed by atoms with E-state index in [1.54, 1.807) is 0 Å². The van der Waals surface area contributed by atoms with Crippen molar-refractivity contribution in [2.75, 3.05) is 33.7 Å². The summed E-state index contributed by atoms with van der Waals surface area (Å²) >= 11 is 0. The number of hydrogen-bond donors (Lipinski definition) is 4. The van der Waals surface area contributed by atoms with Crippen LogP contribution in [-0.4, -0.2) is 80.1 Å². The van der Waals surface area contributed by atoms with Crippen LogP contribution in [0.4, 0.5) is 4.79 Å². The van der Waals surface area contributed by atoms with Crippen LogP contribution < -0.4 is 22.2 Å². The molecule has 0 radical (unpaired) electrons. The van der Waals surface area contributed by atoms with E-state index in [1.165, 1.54) is 0 Å². The quantitative estimate of drug-likeness (QED) is 0.0765. The number of carbonyl (C=O) groups is 2. The fourth-order valence-electron chi connectivity index (χ4n) is 5.70. The Morgan fingerprint density at radius 2 is 1.77 bits per heavy atom. The monoisotopic (exact) mass is 591 g/mol. The van der Waals surface area contributed by atoms with Gasteiger partial charge >= 0.3 is 6.09 Å². The summed E-state index contributed by atoms with van der Waals surface area (Å²) < 4.78 is 6.20. The zero-order valence-electron chi connectivity index (χ0n) is 26.0. The number of allylic oxidation sites excluding steroid dienone is 2. The molecule has 0 saturated carbocycles. The van der Waals surface area contributed by atoms with Crippen molar-refractivity contribution in [2.24, 2.45) is 16.5 Å². The maximum absolute atomic E-state index is 13.4. The Hall–Kier alpha value is -3.73. The van der Waals surface area contributed by atoms with Crippen molar-refractivity contribution in [3.8, 4) is 0 Å². The molecule has 2 unspecified atom stereocenters. The molecule has 234 valence electrons. The number of aliphatic imine (C=N–C) groups is 1. The number of guanidine groups is 1. The van der Waals surface area contributed by atoms with Gasteiger partial charge < -0.3 is 31.2 Å². The summed E-state index contributed by atoms with van der Waals surface area (Å²) in [6.07, 6.45) is 6.16. The Labute approximate surface area is 256 Å². The number of ether oxygens (including phenoxy) is 1. The Kier molecular flexibility index (Phi) is 13.2. The molecule has 0 aliphatic carbocycles. The van der Waals surface area contributed by atoms with Crippen LogP contribution in [0.1, 0.15) is 57.1 Å². The molecule has 1 saturated heterocycles. The van der Waals surface area contributed by atoms with E-state index in [1.807, 2.05) is 54.4 Å². The van der Waals surface area contributed by atoms with Gasteiger partial charge in [-0.15, -0.1) is 0 Å². The standard InChI is InChI=1S/C33H49N7O3/c1-5-30(33(22-25(2)39(3)4,26-14-8-6-9-15-26)27-16-10-7-11-17-27)43-32(42)37-23-29-19-13-21-40(29)38-28(24-41)18-12-20-36-31(34)35/h5-11,14-17,24-25,28-29,38H,12-13,18-23H2,1-4H3,(H,37,42)(H4,34,35,36)/b30-5-/t25?,28-,29?/m0/s1. The van der Waals surface area contributed by atoms with Crippen molar-refractivity contribution < 1.29 is 14.3 Å². The third-order valence-electron chi connectivity index (χ3n) is 8.22. The molecule has 6 N–H and O–H groups in total. The number of nitrogens with zero attached hydrogens (tertiary/aromatic N) is 3. The number of hydrazine groups is 1. The zero-order chi connectivity index (χ0) is 31.2. The number of hydrogen-bond acceptors (Lipinski definition) is 7. The molecular formula is C33H49N7O3. The Morgan fingerprint density at radius 3 is 2.30 bits per heavy atom. The fraction of sp³-hybridized carbons (Fsp3) is 0.485. The van der Waals surface area contributed by atoms with Gasteiger partial charge in [0.05, 0.1) is 11.5 Å². The molecule has 43 heavy (non-hydrogen) atoms. The molecule has 0 spiro atoms. The van der Waals surface area contributed by atoms with Crippen LogP contribution in [0.15, 0.2) is 77.5 Å². The Balaban J connectivity index is 1.75. The van der Waals surface area contributed by atoms with Crippen molar-refractivity contribution in [3.63, 3.8) is 0 Å². The normalized spacial score (nSPS) is 17.3. The minimum Gasteiger partial charge on any atom is -0.414 e. The summed E-state index contributed by atoms with van der Waals surface area (Å²) in [7, 11) is 4.13. The molecule has 2 aromatic carbocycles. The molecule has 1 heterocycles. The van der Waals surface area contributed by atoms with Gasteiger partial charge in [0.15, 0.2) is 5.96 Å². The number of rotatable bonds is 16. The van der Waals surface area contributed by atoms with Crippen LogP contribution in [-0.2, 0) is 14.9 Å². The van der Waals surface area contributed by atoms with Crippen LogP contribution >= 0.6 is 0 Å². The van der Waals surface area contributed by atoms with Crippen LogP contribution in [0.5, 0.6) is 0 Å². The van der Waals surface area contributed by atoms with Crippen molar-refractivity contribution in [3.05, 3.63) is 83.6 Å². The highest BCUT2D eigenvalue weighted by atomic mass is 16.6. The van der Waals surface area contributed by atoms with Crippen molar-refractivity contribution in [1.29, 1.82) is 0 Å². The predicted molar refractivity (Wildman–Crippen MR) is 172 cm³/mol. The zero-order valence-corrected chi connectivity index (χ0v) is 26.0. The highest BCUT2D eigenvalue weighted by Gasteiger charge is 2.42. The first-order valence-electron chi connectivity index (χ1n) is 15.1. The largest absolute Gasteiger partial charge is 0.414 e. The number of benzene rings is 2. The van der Waals surface area contributed by atoms with Gasteiger partial charge in [-0.05, 0) is 77.2 Å². The van der Waals surface area contributed by atoms with E-state index >= 15 is 0 Å². The first-order chi connectivity index (χ1) is 20.7. The molecule has 3 atom stereocenters. The van der Waals surface area contributed by atoms with Gasteiger partial charge in [0.1, 0.15) is 12.0 Å². The SMILES string of the molecule is C/C=C(\OC(=O)NCC1CCCN1N[C@H](C=O)CCCN=C(N)N)C(CC(C)N(C)C)(c1ccccc1)c1ccccc1. The van der Waals surface area contributed by atoms with Crippen molar-refractivity contribution >= 4 is 18.3 Å². The number of nitrogens with two attached hydrogens (primary N) is 2.